The normalized spacial score (nSPS) is 16.9. The van der Waals surface area contributed by atoms with Crippen LogP contribution in [-0.4, -0.2) is 47.5 Å². The molecule has 4 aromatic rings. The van der Waals surface area contributed by atoms with Crippen molar-refractivity contribution < 1.29 is 0 Å². The van der Waals surface area contributed by atoms with E-state index in [0.717, 1.165) is 47.8 Å². The number of rotatable bonds is 3. The van der Waals surface area contributed by atoms with Crippen molar-refractivity contribution in [3.63, 3.8) is 0 Å². The van der Waals surface area contributed by atoms with Crippen molar-refractivity contribution in [3.05, 3.63) is 52.7 Å². The highest BCUT2D eigenvalue weighted by atomic mass is 32.1. The molecular weight excluding hydrogens is 426 g/mol. The Morgan fingerprint density at radius 3 is 2.64 bits per heavy atom. The number of hydrogen-bond acceptors (Lipinski definition) is 5. The summed E-state index contributed by atoms with van der Waals surface area (Å²) >= 11 is 1.77. The van der Waals surface area contributed by atoms with E-state index in [2.05, 4.69) is 97.9 Å². The summed E-state index contributed by atoms with van der Waals surface area (Å²) in [6, 6.07) is 11.6. The summed E-state index contributed by atoms with van der Waals surface area (Å²) in [5.74, 6) is 1.16. The Hall–Kier alpha value is -2.88. The molecule has 170 valence electrons. The van der Waals surface area contributed by atoms with Crippen molar-refractivity contribution in [2.24, 2.45) is 0 Å². The fraction of sp³-hybridized carbons (Fsp3) is 0.407. The van der Waals surface area contributed by atoms with Crippen molar-refractivity contribution in [2.75, 3.05) is 32.1 Å². The molecule has 1 saturated heterocycles. The number of nitriles is 1. The van der Waals surface area contributed by atoms with E-state index >= 15 is 0 Å². The number of imidazole rings is 1. The maximum atomic E-state index is 10.2. The average molecular weight is 458 g/mol. The molecule has 0 aliphatic carbocycles. The van der Waals surface area contributed by atoms with E-state index in [1.165, 1.54) is 15.6 Å². The number of nitrogens with zero attached hydrogens (tertiary/aromatic N) is 5. The maximum Gasteiger partial charge on any atom is 0.156 e. The molecule has 0 bridgehead atoms. The van der Waals surface area contributed by atoms with Crippen LogP contribution in [0.1, 0.15) is 44.0 Å². The number of hydrogen-bond donors (Lipinski definition) is 0. The van der Waals surface area contributed by atoms with Gasteiger partial charge in [0.15, 0.2) is 5.65 Å². The van der Waals surface area contributed by atoms with E-state index in [4.69, 9.17) is 4.98 Å². The first kappa shape index (κ1) is 21.9. The molecule has 6 heteroatoms. The third-order valence-electron chi connectivity index (χ3n) is 6.96. The van der Waals surface area contributed by atoms with Crippen LogP contribution in [0.4, 0.5) is 5.82 Å². The van der Waals surface area contributed by atoms with Crippen molar-refractivity contribution >= 4 is 32.9 Å². The van der Waals surface area contributed by atoms with Crippen LogP contribution in [0.15, 0.2) is 35.8 Å². The molecule has 0 N–H and O–H groups in total. The van der Waals surface area contributed by atoms with Gasteiger partial charge in [0.05, 0.1) is 11.3 Å². The van der Waals surface area contributed by atoms with E-state index < -0.39 is 0 Å². The van der Waals surface area contributed by atoms with Crippen LogP contribution in [0, 0.1) is 18.3 Å². The first-order valence-corrected chi connectivity index (χ1v) is 12.4. The predicted molar refractivity (Wildman–Crippen MR) is 138 cm³/mol. The molecule has 0 radical (unpaired) electrons. The minimum atomic E-state index is -0.101. The molecule has 0 saturated carbocycles. The zero-order valence-corrected chi connectivity index (χ0v) is 21.1. The molecule has 0 spiro atoms. The second-order valence-corrected chi connectivity index (χ2v) is 11.3. The smallest absolute Gasteiger partial charge is 0.156 e. The van der Waals surface area contributed by atoms with Crippen molar-refractivity contribution in [1.29, 1.82) is 5.26 Å². The molecule has 4 heterocycles. The van der Waals surface area contributed by atoms with Gasteiger partial charge >= 0.3 is 0 Å². The van der Waals surface area contributed by atoms with Gasteiger partial charge in [-0.3, -0.25) is 4.40 Å². The van der Waals surface area contributed by atoms with Crippen LogP contribution in [0.3, 0.4) is 0 Å². The fourth-order valence-corrected chi connectivity index (χ4v) is 5.91. The highest BCUT2D eigenvalue weighted by Crippen LogP contribution is 2.44. The Morgan fingerprint density at radius 1 is 1.21 bits per heavy atom. The van der Waals surface area contributed by atoms with Crippen molar-refractivity contribution in [3.8, 4) is 17.2 Å². The predicted octanol–water partition coefficient (Wildman–Crippen LogP) is 5.83. The van der Waals surface area contributed by atoms with Crippen molar-refractivity contribution in [1.82, 2.24) is 14.3 Å². The molecule has 3 aromatic heterocycles. The quantitative estimate of drug-likeness (QED) is 0.388. The number of thiophene rings is 1. The van der Waals surface area contributed by atoms with Gasteiger partial charge < -0.3 is 9.80 Å². The van der Waals surface area contributed by atoms with Gasteiger partial charge in [-0.2, -0.15) is 5.26 Å². The summed E-state index contributed by atoms with van der Waals surface area (Å²) < 4.78 is 3.47. The SMILES string of the molecule is Cc1c(-c2csc3ccccc23)c(N2CC[C@H](N(C)C)C2)n2cc(C(C)(C)C)nc2c1C#N. The van der Waals surface area contributed by atoms with E-state index in [1.807, 2.05) is 0 Å². The van der Waals surface area contributed by atoms with Crippen molar-refractivity contribution in [2.45, 2.75) is 45.6 Å². The van der Waals surface area contributed by atoms with Gasteiger partial charge in [-0.1, -0.05) is 39.0 Å². The first-order valence-electron chi connectivity index (χ1n) is 11.5. The first-order chi connectivity index (χ1) is 15.7. The highest BCUT2D eigenvalue weighted by Gasteiger charge is 2.32. The number of likely N-dealkylation sites (N-methyl/N-ethyl adjacent to an activating group) is 1. The zero-order valence-electron chi connectivity index (χ0n) is 20.3. The van der Waals surface area contributed by atoms with Gasteiger partial charge in [0.2, 0.25) is 0 Å². The third kappa shape index (κ3) is 3.51. The van der Waals surface area contributed by atoms with E-state index in [9.17, 15) is 5.26 Å². The number of pyridine rings is 1. The Kier molecular flexibility index (Phi) is 5.23. The molecule has 5 rings (SSSR count). The number of fused-ring (bicyclic) bond motifs is 2. The Bertz CT molecular complexity index is 1400. The molecule has 1 atom stereocenters. The summed E-state index contributed by atoms with van der Waals surface area (Å²) in [5.41, 5.74) is 5.73. The highest BCUT2D eigenvalue weighted by molar-refractivity contribution is 7.17. The minimum Gasteiger partial charge on any atom is -0.356 e. The lowest BCUT2D eigenvalue weighted by Crippen LogP contribution is -2.32. The lowest BCUT2D eigenvalue weighted by atomic mass is 9.93. The zero-order chi connectivity index (χ0) is 23.5. The number of aromatic nitrogens is 2. The van der Waals surface area contributed by atoms with Gasteiger partial charge in [-0.15, -0.1) is 11.3 Å². The number of benzene rings is 1. The second-order valence-electron chi connectivity index (χ2n) is 10.4. The van der Waals surface area contributed by atoms with Crippen LogP contribution in [0.25, 0.3) is 26.9 Å². The topological polar surface area (TPSA) is 47.6 Å². The van der Waals surface area contributed by atoms with E-state index in [-0.39, 0.29) is 5.41 Å². The number of anilines is 1. The van der Waals surface area contributed by atoms with Gasteiger partial charge in [0, 0.05) is 52.0 Å². The minimum absolute atomic E-state index is 0.101. The van der Waals surface area contributed by atoms with Crippen LogP contribution >= 0.6 is 11.3 Å². The van der Waals surface area contributed by atoms with Gasteiger partial charge in [-0.25, -0.2) is 4.98 Å². The Labute approximate surface area is 199 Å². The van der Waals surface area contributed by atoms with Crippen LogP contribution in [-0.2, 0) is 5.41 Å². The lowest BCUT2D eigenvalue weighted by Gasteiger charge is -2.26. The lowest BCUT2D eigenvalue weighted by molar-refractivity contribution is 0.315. The average Bonchev–Trinajstić information content (AvgIpc) is 3.50. The van der Waals surface area contributed by atoms with Gasteiger partial charge in [0.25, 0.3) is 0 Å². The standard InChI is InChI=1S/C27H31N5S/c1-17-20(13-28)25-29-23(27(2,3)4)15-32(25)26(31-12-11-18(14-31)30(5)6)24(17)21-16-33-22-10-8-7-9-19(21)22/h7-10,15-16,18H,11-12,14H2,1-6H3/t18-/m0/s1. The Balaban J connectivity index is 1.87. The summed E-state index contributed by atoms with van der Waals surface area (Å²) in [4.78, 5) is 9.82. The maximum absolute atomic E-state index is 10.2. The largest absolute Gasteiger partial charge is 0.356 e. The monoisotopic (exact) mass is 457 g/mol. The van der Waals surface area contributed by atoms with Crippen LogP contribution in [0.5, 0.6) is 0 Å². The summed E-state index contributed by atoms with van der Waals surface area (Å²) in [5, 5.41) is 13.7. The van der Waals surface area contributed by atoms with Crippen LogP contribution in [0.2, 0.25) is 0 Å². The van der Waals surface area contributed by atoms with Gasteiger partial charge in [0.1, 0.15) is 11.9 Å². The van der Waals surface area contributed by atoms with E-state index in [1.54, 1.807) is 11.3 Å². The molecule has 1 aliphatic heterocycles. The molecular formula is C27H31N5S. The molecule has 1 fully saturated rings. The van der Waals surface area contributed by atoms with Gasteiger partial charge in [-0.05, 0) is 44.4 Å². The second kappa shape index (κ2) is 7.86. The summed E-state index contributed by atoms with van der Waals surface area (Å²) in [7, 11) is 4.33. The summed E-state index contributed by atoms with van der Waals surface area (Å²) in [6.07, 6.45) is 3.28. The molecule has 1 aromatic carbocycles. The molecule has 1 aliphatic rings. The Morgan fingerprint density at radius 2 is 1.97 bits per heavy atom. The molecule has 5 nitrogen and oxygen atoms in total. The molecule has 0 amide bonds. The van der Waals surface area contributed by atoms with Crippen LogP contribution < -0.4 is 4.90 Å². The molecule has 0 unspecified atom stereocenters. The van der Waals surface area contributed by atoms with E-state index in [0.29, 0.717) is 11.6 Å². The third-order valence-corrected chi connectivity index (χ3v) is 7.92. The molecule has 33 heavy (non-hydrogen) atoms. The summed E-state index contributed by atoms with van der Waals surface area (Å²) in [6.45, 7) is 10.6. The fourth-order valence-electron chi connectivity index (χ4n) is 4.95.